The highest BCUT2D eigenvalue weighted by Gasteiger charge is 2.50. The highest BCUT2D eigenvalue weighted by molar-refractivity contribution is 5.74. The lowest BCUT2D eigenvalue weighted by Crippen LogP contribution is -2.55. The molecule has 0 spiro atoms. The highest BCUT2D eigenvalue weighted by Crippen LogP contribution is 2.39. The number of aliphatic hydroxyl groups is 1. The van der Waals surface area contributed by atoms with Crippen LogP contribution in [0.4, 0.5) is 0 Å². The zero-order valence-electron chi connectivity index (χ0n) is 12.1. The van der Waals surface area contributed by atoms with Gasteiger partial charge in [0.05, 0.1) is 12.5 Å². The molecule has 0 amide bonds. The van der Waals surface area contributed by atoms with Gasteiger partial charge < -0.3 is 14.6 Å². The Labute approximate surface area is 114 Å². The Morgan fingerprint density at radius 3 is 2.63 bits per heavy atom. The van der Waals surface area contributed by atoms with Crippen molar-refractivity contribution in [3.8, 4) is 0 Å². The van der Waals surface area contributed by atoms with Crippen LogP contribution in [0.1, 0.15) is 47.0 Å². The third-order valence-electron chi connectivity index (χ3n) is 3.91. The van der Waals surface area contributed by atoms with Gasteiger partial charge in [-0.05, 0) is 39.0 Å². The topological polar surface area (TPSA) is 72.8 Å². The maximum atomic E-state index is 11.8. The number of carbonyl (C=O) groups excluding carboxylic acids is 2. The zero-order valence-corrected chi connectivity index (χ0v) is 12.1. The number of carbonyl (C=O) groups is 2. The smallest absolute Gasteiger partial charge is 0.311 e. The van der Waals surface area contributed by atoms with Gasteiger partial charge in [-0.3, -0.25) is 9.59 Å². The molecule has 1 aliphatic rings. The van der Waals surface area contributed by atoms with Crippen molar-refractivity contribution in [2.45, 2.75) is 58.7 Å². The molecule has 0 aromatic rings. The van der Waals surface area contributed by atoms with Gasteiger partial charge in [0, 0.05) is 6.92 Å². The summed E-state index contributed by atoms with van der Waals surface area (Å²) in [5, 5.41) is 10.8. The van der Waals surface area contributed by atoms with Gasteiger partial charge in [-0.25, -0.2) is 0 Å². The summed E-state index contributed by atoms with van der Waals surface area (Å²) in [5.41, 5.74) is -1.33. The van der Waals surface area contributed by atoms with Crippen LogP contribution in [0, 0.1) is 11.8 Å². The summed E-state index contributed by atoms with van der Waals surface area (Å²) >= 11 is 0. The van der Waals surface area contributed by atoms with Crippen LogP contribution in [0.25, 0.3) is 0 Å². The number of hydrogen-bond donors (Lipinski definition) is 1. The van der Waals surface area contributed by atoms with Crippen LogP contribution in [0.2, 0.25) is 0 Å². The Kier molecular flexibility index (Phi) is 5.35. The Morgan fingerprint density at radius 2 is 2.11 bits per heavy atom. The van der Waals surface area contributed by atoms with Gasteiger partial charge >= 0.3 is 11.9 Å². The minimum absolute atomic E-state index is 0.272. The van der Waals surface area contributed by atoms with E-state index in [0.29, 0.717) is 18.8 Å². The fourth-order valence-corrected chi connectivity index (χ4v) is 2.64. The Bertz CT molecular complexity index is 341. The van der Waals surface area contributed by atoms with E-state index in [1.165, 1.54) is 6.92 Å². The molecule has 0 bridgehead atoms. The molecule has 5 nitrogen and oxygen atoms in total. The van der Waals surface area contributed by atoms with Crippen molar-refractivity contribution in [2.24, 2.45) is 11.8 Å². The van der Waals surface area contributed by atoms with E-state index in [4.69, 9.17) is 9.47 Å². The average Bonchev–Trinajstić information content (AvgIpc) is 2.32. The first-order valence-corrected chi connectivity index (χ1v) is 6.87. The molecule has 0 heterocycles. The fraction of sp³-hybridized carbons (Fsp3) is 0.857. The molecule has 1 fully saturated rings. The van der Waals surface area contributed by atoms with Crippen LogP contribution in [0.5, 0.6) is 0 Å². The second-order valence-electron chi connectivity index (χ2n) is 5.44. The summed E-state index contributed by atoms with van der Waals surface area (Å²) in [4.78, 5) is 23.0. The van der Waals surface area contributed by atoms with Crippen molar-refractivity contribution in [3.63, 3.8) is 0 Å². The summed E-state index contributed by atoms with van der Waals surface area (Å²) in [6.45, 7) is 6.99. The van der Waals surface area contributed by atoms with E-state index >= 15 is 0 Å². The van der Waals surface area contributed by atoms with E-state index in [9.17, 15) is 14.7 Å². The molecule has 1 N–H and O–H groups in total. The zero-order chi connectivity index (χ0) is 14.6. The van der Waals surface area contributed by atoms with Gasteiger partial charge in [-0.1, -0.05) is 6.92 Å². The van der Waals surface area contributed by atoms with E-state index < -0.39 is 29.6 Å². The molecule has 0 aliphatic heterocycles. The minimum atomic E-state index is -1.33. The van der Waals surface area contributed by atoms with E-state index in [1.54, 1.807) is 13.8 Å². The lowest BCUT2D eigenvalue weighted by molar-refractivity contribution is -0.193. The first-order chi connectivity index (χ1) is 8.81. The third-order valence-corrected chi connectivity index (χ3v) is 3.91. The number of ether oxygens (including phenoxy) is 2. The highest BCUT2D eigenvalue weighted by atomic mass is 16.6. The van der Waals surface area contributed by atoms with Crippen LogP contribution in [-0.2, 0) is 19.1 Å². The molecule has 1 saturated carbocycles. The summed E-state index contributed by atoms with van der Waals surface area (Å²) < 4.78 is 10.2. The van der Waals surface area contributed by atoms with Crippen molar-refractivity contribution >= 4 is 11.9 Å². The number of rotatable bonds is 4. The summed E-state index contributed by atoms with van der Waals surface area (Å²) in [6.07, 6.45) is 1.16. The molecule has 0 radical (unpaired) electrons. The number of esters is 2. The van der Waals surface area contributed by atoms with Crippen LogP contribution in [0.3, 0.4) is 0 Å². The molecule has 0 aromatic carbocycles. The molecule has 19 heavy (non-hydrogen) atoms. The summed E-state index contributed by atoms with van der Waals surface area (Å²) in [7, 11) is 0. The predicted molar refractivity (Wildman–Crippen MR) is 69.3 cm³/mol. The van der Waals surface area contributed by atoms with Gasteiger partial charge in [0.25, 0.3) is 0 Å². The standard InChI is InChI=1S/C14H24O5/c1-5-18-13(16)10(3)14(17)7-6-9(2)8-12(14)19-11(4)15/h9-10,12,17H,5-8H2,1-4H3. The molecule has 5 heteroatoms. The quantitative estimate of drug-likeness (QED) is 0.788. The molecule has 4 unspecified atom stereocenters. The maximum Gasteiger partial charge on any atom is 0.311 e. The Hall–Kier alpha value is -1.10. The lowest BCUT2D eigenvalue weighted by atomic mass is 9.71. The maximum absolute atomic E-state index is 11.8. The fourth-order valence-electron chi connectivity index (χ4n) is 2.64. The van der Waals surface area contributed by atoms with Crippen molar-refractivity contribution in [1.29, 1.82) is 0 Å². The van der Waals surface area contributed by atoms with Crippen molar-refractivity contribution in [2.75, 3.05) is 6.61 Å². The van der Waals surface area contributed by atoms with Gasteiger partial charge in [0.2, 0.25) is 0 Å². The van der Waals surface area contributed by atoms with Gasteiger partial charge in [0.1, 0.15) is 11.7 Å². The lowest BCUT2D eigenvalue weighted by Gasteiger charge is -2.43. The second kappa shape index (κ2) is 6.37. The van der Waals surface area contributed by atoms with Gasteiger partial charge in [0.15, 0.2) is 0 Å². The molecular weight excluding hydrogens is 248 g/mol. The average molecular weight is 272 g/mol. The van der Waals surface area contributed by atoms with E-state index in [2.05, 4.69) is 0 Å². The van der Waals surface area contributed by atoms with Crippen molar-refractivity contribution in [1.82, 2.24) is 0 Å². The molecule has 0 aromatic heterocycles. The Balaban J connectivity index is 2.89. The number of hydrogen-bond acceptors (Lipinski definition) is 5. The first kappa shape index (κ1) is 16.0. The van der Waals surface area contributed by atoms with Gasteiger partial charge in [-0.2, -0.15) is 0 Å². The molecule has 0 saturated heterocycles. The largest absolute Gasteiger partial charge is 0.466 e. The third kappa shape index (κ3) is 3.69. The SMILES string of the molecule is CCOC(=O)C(C)C1(O)CCC(C)CC1OC(C)=O. The van der Waals surface area contributed by atoms with E-state index in [1.807, 2.05) is 6.92 Å². The summed E-state index contributed by atoms with van der Waals surface area (Å²) in [5.74, 6) is -1.23. The Morgan fingerprint density at radius 1 is 1.47 bits per heavy atom. The van der Waals surface area contributed by atoms with Crippen molar-refractivity contribution in [3.05, 3.63) is 0 Å². The molecule has 110 valence electrons. The first-order valence-electron chi connectivity index (χ1n) is 6.87. The molecular formula is C14H24O5. The van der Waals surface area contributed by atoms with Crippen LogP contribution >= 0.6 is 0 Å². The predicted octanol–water partition coefficient (Wildman–Crippen LogP) is 1.67. The van der Waals surface area contributed by atoms with Gasteiger partial charge in [-0.15, -0.1) is 0 Å². The summed E-state index contributed by atoms with van der Waals surface area (Å²) in [6, 6.07) is 0. The van der Waals surface area contributed by atoms with Crippen LogP contribution < -0.4 is 0 Å². The minimum Gasteiger partial charge on any atom is -0.466 e. The molecule has 1 aliphatic carbocycles. The normalized spacial score (nSPS) is 32.5. The molecule has 4 atom stereocenters. The van der Waals surface area contributed by atoms with Crippen LogP contribution in [-0.4, -0.2) is 35.4 Å². The van der Waals surface area contributed by atoms with Crippen LogP contribution in [0.15, 0.2) is 0 Å². The second-order valence-corrected chi connectivity index (χ2v) is 5.44. The monoisotopic (exact) mass is 272 g/mol. The van der Waals surface area contributed by atoms with E-state index in [-0.39, 0.29) is 6.61 Å². The molecule has 1 rings (SSSR count). The van der Waals surface area contributed by atoms with E-state index in [0.717, 1.165) is 6.42 Å². The van der Waals surface area contributed by atoms with Crippen molar-refractivity contribution < 1.29 is 24.2 Å².